The number of hydrogen-bond acceptors (Lipinski definition) is 3. The molecule has 1 fully saturated rings. The summed E-state index contributed by atoms with van der Waals surface area (Å²) in [4.78, 5) is 11.7. The van der Waals surface area contributed by atoms with Crippen LogP contribution in [0.4, 0.5) is 0 Å². The van der Waals surface area contributed by atoms with Gasteiger partial charge in [0.25, 0.3) is 0 Å². The molecule has 18 heavy (non-hydrogen) atoms. The van der Waals surface area contributed by atoms with Crippen molar-refractivity contribution in [2.45, 2.75) is 37.5 Å². The molecule has 4 heteroatoms. The standard InChI is InChI=1S/C14H16O4/c15-13(16)14(6-2-1-3-7-14)10-4-5-11-12(8-10)18-9-17-11/h4-5,8H,1-3,6-7,9H2,(H,15,16). The summed E-state index contributed by atoms with van der Waals surface area (Å²) in [6.07, 6.45) is 4.49. The average Bonchev–Trinajstić information content (AvgIpc) is 2.86. The van der Waals surface area contributed by atoms with Crippen LogP contribution in [0.2, 0.25) is 0 Å². The van der Waals surface area contributed by atoms with E-state index in [-0.39, 0.29) is 6.79 Å². The van der Waals surface area contributed by atoms with Crippen molar-refractivity contribution in [2.75, 3.05) is 6.79 Å². The second-order valence-electron chi connectivity index (χ2n) is 5.02. The van der Waals surface area contributed by atoms with Gasteiger partial charge in [-0.2, -0.15) is 0 Å². The topological polar surface area (TPSA) is 55.8 Å². The second kappa shape index (κ2) is 4.19. The van der Waals surface area contributed by atoms with Gasteiger partial charge < -0.3 is 14.6 Å². The number of fused-ring (bicyclic) bond motifs is 1. The molecule has 3 rings (SSSR count). The van der Waals surface area contributed by atoms with E-state index in [1.807, 2.05) is 18.2 Å². The number of carboxylic acids is 1. The first-order chi connectivity index (χ1) is 8.72. The van der Waals surface area contributed by atoms with Gasteiger partial charge in [-0.25, -0.2) is 0 Å². The van der Waals surface area contributed by atoms with Crippen molar-refractivity contribution in [1.82, 2.24) is 0 Å². The first kappa shape index (κ1) is 11.4. The van der Waals surface area contributed by atoms with Crippen molar-refractivity contribution < 1.29 is 19.4 Å². The van der Waals surface area contributed by atoms with Gasteiger partial charge in [0, 0.05) is 0 Å². The van der Waals surface area contributed by atoms with Crippen LogP contribution in [-0.2, 0) is 10.2 Å². The fourth-order valence-electron chi connectivity index (χ4n) is 2.98. The Morgan fingerprint density at radius 2 is 1.83 bits per heavy atom. The maximum absolute atomic E-state index is 11.7. The Morgan fingerprint density at radius 3 is 2.56 bits per heavy atom. The lowest BCUT2D eigenvalue weighted by atomic mass is 9.69. The summed E-state index contributed by atoms with van der Waals surface area (Å²) < 4.78 is 10.6. The lowest BCUT2D eigenvalue weighted by molar-refractivity contribution is -0.145. The fraction of sp³-hybridized carbons (Fsp3) is 0.500. The molecule has 1 saturated carbocycles. The van der Waals surface area contributed by atoms with Gasteiger partial charge in [0.1, 0.15) is 0 Å². The number of benzene rings is 1. The van der Waals surface area contributed by atoms with Crippen molar-refractivity contribution in [3.05, 3.63) is 23.8 Å². The van der Waals surface area contributed by atoms with Crippen molar-refractivity contribution in [1.29, 1.82) is 0 Å². The van der Waals surface area contributed by atoms with Crippen LogP contribution in [0, 0.1) is 0 Å². The van der Waals surface area contributed by atoms with Gasteiger partial charge in [-0.05, 0) is 30.5 Å². The van der Waals surface area contributed by atoms with Crippen LogP contribution >= 0.6 is 0 Å². The summed E-state index contributed by atoms with van der Waals surface area (Å²) >= 11 is 0. The molecule has 0 unspecified atom stereocenters. The minimum atomic E-state index is -0.737. The Hall–Kier alpha value is -1.71. The van der Waals surface area contributed by atoms with Gasteiger partial charge in [0.2, 0.25) is 6.79 Å². The molecule has 96 valence electrons. The summed E-state index contributed by atoms with van der Waals surface area (Å²) in [5.74, 6) is 0.648. The monoisotopic (exact) mass is 248 g/mol. The molecule has 1 aliphatic carbocycles. The van der Waals surface area contributed by atoms with Crippen molar-refractivity contribution in [2.24, 2.45) is 0 Å². The van der Waals surface area contributed by atoms with E-state index in [4.69, 9.17) is 9.47 Å². The van der Waals surface area contributed by atoms with E-state index in [9.17, 15) is 9.90 Å². The molecule has 0 amide bonds. The van der Waals surface area contributed by atoms with Crippen molar-refractivity contribution in [3.8, 4) is 11.5 Å². The Labute approximate surface area is 106 Å². The smallest absolute Gasteiger partial charge is 0.314 e. The minimum absolute atomic E-state index is 0.221. The highest BCUT2D eigenvalue weighted by atomic mass is 16.7. The van der Waals surface area contributed by atoms with Gasteiger partial charge in [-0.15, -0.1) is 0 Å². The Balaban J connectivity index is 2.02. The largest absolute Gasteiger partial charge is 0.481 e. The zero-order valence-electron chi connectivity index (χ0n) is 10.1. The van der Waals surface area contributed by atoms with Gasteiger partial charge in [0.05, 0.1) is 5.41 Å². The first-order valence-corrected chi connectivity index (χ1v) is 6.36. The summed E-state index contributed by atoms with van der Waals surface area (Å²) in [5, 5.41) is 9.62. The molecule has 0 atom stereocenters. The zero-order chi connectivity index (χ0) is 12.6. The highest BCUT2D eigenvalue weighted by Gasteiger charge is 2.41. The van der Waals surface area contributed by atoms with Crippen LogP contribution in [-0.4, -0.2) is 17.9 Å². The molecule has 2 aliphatic rings. The predicted octanol–water partition coefficient (Wildman–Crippen LogP) is 2.70. The molecule has 1 aliphatic heterocycles. The summed E-state index contributed by atoms with van der Waals surface area (Å²) in [6.45, 7) is 0.221. The van der Waals surface area contributed by atoms with Crippen LogP contribution in [0.5, 0.6) is 11.5 Å². The summed E-state index contributed by atoms with van der Waals surface area (Å²) in [6, 6.07) is 5.52. The first-order valence-electron chi connectivity index (χ1n) is 6.36. The number of ether oxygens (including phenoxy) is 2. The Morgan fingerprint density at radius 1 is 1.11 bits per heavy atom. The predicted molar refractivity (Wildman–Crippen MR) is 65.0 cm³/mol. The van der Waals surface area contributed by atoms with E-state index >= 15 is 0 Å². The SMILES string of the molecule is O=C(O)C1(c2ccc3c(c2)OCO3)CCCCC1. The summed E-state index contributed by atoms with van der Waals surface area (Å²) in [7, 11) is 0. The number of carboxylic acid groups (broad SMARTS) is 1. The Bertz CT molecular complexity index is 475. The number of carbonyl (C=O) groups is 1. The highest BCUT2D eigenvalue weighted by molar-refractivity contribution is 5.82. The molecule has 0 radical (unpaired) electrons. The summed E-state index contributed by atoms with van der Waals surface area (Å²) in [5.41, 5.74) is 0.109. The molecular weight excluding hydrogens is 232 g/mol. The molecule has 0 saturated heterocycles. The highest BCUT2D eigenvalue weighted by Crippen LogP contribution is 2.43. The minimum Gasteiger partial charge on any atom is -0.481 e. The number of rotatable bonds is 2. The van der Waals surface area contributed by atoms with Gasteiger partial charge in [0.15, 0.2) is 11.5 Å². The van der Waals surface area contributed by atoms with Gasteiger partial charge in [-0.1, -0.05) is 25.3 Å². The third-order valence-corrected chi connectivity index (χ3v) is 4.04. The normalized spacial score (nSPS) is 20.7. The van der Waals surface area contributed by atoms with Crippen LogP contribution < -0.4 is 9.47 Å². The quantitative estimate of drug-likeness (QED) is 0.874. The zero-order valence-corrected chi connectivity index (χ0v) is 10.1. The molecule has 0 spiro atoms. The van der Waals surface area contributed by atoms with E-state index in [1.165, 1.54) is 0 Å². The van der Waals surface area contributed by atoms with Crippen molar-refractivity contribution in [3.63, 3.8) is 0 Å². The van der Waals surface area contributed by atoms with Crippen LogP contribution in [0.3, 0.4) is 0 Å². The maximum atomic E-state index is 11.7. The molecule has 1 heterocycles. The Kier molecular flexibility index (Phi) is 2.65. The lowest BCUT2D eigenvalue weighted by Crippen LogP contribution is -2.37. The third-order valence-electron chi connectivity index (χ3n) is 4.04. The molecule has 1 aromatic rings. The van der Waals surface area contributed by atoms with E-state index in [0.29, 0.717) is 24.3 Å². The molecule has 0 aromatic heterocycles. The van der Waals surface area contributed by atoms with Crippen LogP contribution in [0.15, 0.2) is 18.2 Å². The third kappa shape index (κ3) is 1.64. The molecule has 0 bridgehead atoms. The maximum Gasteiger partial charge on any atom is 0.314 e. The average molecular weight is 248 g/mol. The fourth-order valence-corrected chi connectivity index (χ4v) is 2.98. The van der Waals surface area contributed by atoms with E-state index in [1.54, 1.807) is 0 Å². The van der Waals surface area contributed by atoms with Gasteiger partial charge >= 0.3 is 5.97 Å². The molecule has 4 nitrogen and oxygen atoms in total. The number of aliphatic carboxylic acids is 1. The molecular formula is C14H16O4. The van der Waals surface area contributed by atoms with E-state index < -0.39 is 11.4 Å². The molecule has 1 aromatic carbocycles. The van der Waals surface area contributed by atoms with Crippen LogP contribution in [0.25, 0.3) is 0 Å². The van der Waals surface area contributed by atoms with E-state index in [0.717, 1.165) is 24.8 Å². The van der Waals surface area contributed by atoms with Gasteiger partial charge in [-0.3, -0.25) is 4.79 Å². The van der Waals surface area contributed by atoms with Crippen molar-refractivity contribution >= 4 is 5.97 Å². The second-order valence-corrected chi connectivity index (χ2v) is 5.02. The lowest BCUT2D eigenvalue weighted by Gasteiger charge is -2.33. The number of hydrogen-bond donors (Lipinski definition) is 1. The molecule has 1 N–H and O–H groups in total. The van der Waals surface area contributed by atoms with Crippen LogP contribution in [0.1, 0.15) is 37.7 Å². The van der Waals surface area contributed by atoms with E-state index in [2.05, 4.69) is 0 Å².